The van der Waals surface area contributed by atoms with Crippen LogP contribution in [-0.2, 0) is 75.1 Å². The van der Waals surface area contributed by atoms with Crippen molar-refractivity contribution < 1.29 is 70.2 Å². The monoisotopic (exact) mass is 1290 g/mol. The summed E-state index contributed by atoms with van der Waals surface area (Å²) in [7, 11) is 1.53. The summed E-state index contributed by atoms with van der Waals surface area (Å²) in [5.41, 5.74) is 20.5. The first-order valence-electron chi connectivity index (χ1n) is 31.3. The Morgan fingerprint density at radius 3 is 1.96 bits per heavy atom. The van der Waals surface area contributed by atoms with Crippen LogP contribution in [0, 0.1) is 5.92 Å². The molecule has 2 aliphatic carbocycles. The van der Waals surface area contributed by atoms with Gasteiger partial charge >= 0.3 is 11.9 Å². The predicted molar refractivity (Wildman–Crippen MR) is 345 cm³/mol. The fraction of sp³-hybridized carbons (Fsp3) is 0.587. The number of carboxylic acids is 1. The highest BCUT2D eigenvalue weighted by atomic mass is 16.6. The van der Waals surface area contributed by atoms with E-state index >= 15 is 0 Å². The first-order chi connectivity index (χ1) is 43.5. The van der Waals surface area contributed by atoms with E-state index in [4.69, 9.17) is 27.7 Å². The van der Waals surface area contributed by atoms with Gasteiger partial charge in [-0.25, -0.2) is 0 Å². The van der Waals surface area contributed by atoms with E-state index in [0.717, 1.165) is 24.0 Å². The van der Waals surface area contributed by atoms with Crippen molar-refractivity contribution in [1.29, 1.82) is 0 Å². The van der Waals surface area contributed by atoms with Crippen LogP contribution in [0.3, 0.4) is 0 Å². The Hall–Kier alpha value is -9.02. The second kappa shape index (κ2) is 37.3. The first-order valence-corrected chi connectivity index (χ1v) is 31.3. The Balaban J connectivity index is 0.000000631. The van der Waals surface area contributed by atoms with Crippen LogP contribution < -0.4 is 70.8 Å². The van der Waals surface area contributed by atoms with Crippen molar-refractivity contribution >= 4 is 82.7 Å². The molecule has 8 amide bonds. The molecule has 510 valence electrons. The van der Waals surface area contributed by atoms with Crippen molar-refractivity contribution in [1.82, 2.24) is 47.9 Å². The van der Waals surface area contributed by atoms with Gasteiger partial charge in [-0.05, 0) is 90.2 Å². The maximum Gasteiger partial charge on any atom is 0.308 e. The molecule has 29 heteroatoms. The third-order valence-electron chi connectivity index (χ3n) is 15.6. The molecule has 18 N–H and O–H groups in total. The zero-order valence-corrected chi connectivity index (χ0v) is 53.5. The molecule has 92 heavy (non-hydrogen) atoms. The number of nitrogens with zero attached hydrogens (tertiary/aromatic N) is 2. The van der Waals surface area contributed by atoms with Gasteiger partial charge < -0.3 is 80.6 Å². The Bertz CT molecular complexity index is 2940. The summed E-state index contributed by atoms with van der Waals surface area (Å²) in [4.78, 5) is 164. The van der Waals surface area contributed by atoms with Gasteiger partial charge in [-0.3, -0.25) is 67.5 Å². The van der Waals surface area contributed by atoms with Gasteiger partial charge in [-0.2, -0.15) is 0 Å². The Kier molecular flexibility index (Phi) is 30.6. The van der Waals surface area contributed by atoms with E-state index in [-0.39, 0.29) is 59.3 Å². The number of rotatable bonds is 25. The van der Waals surface area contributed by atoms with E-state index in [1.807, 2.05) is 6.07 Å². The topological polar surface area (TPSA) is 471 Å². The van der Waals surface area contributed by atoms with E-state index in [1.165, 1.54) is 14.0 Å². The maximum absolute atomic E-state index is 14.1. The van der Waals surface area contributed by atoms with Crippen molar-refractivity contribution in [2.24, 2.45) is 38.8 Å². The first kappa shape index (κ1) is 75.4. The van der Waals surface area contributed by atoms with Crippen molar-refractivity contribution in [3.05, 3.63) is 71.8 Å². The molecule has 0 aromatic heterocycles. The second-order valence-electron chi connectivity index (χ2n) is 24.5. The van der Waals surface area contributed by atoms with Gasteiger partial charge in [0, 0.05) is 42.3 Å². The number of ether oxygens (including phenoxy) is 1. The van der Waals surface area contributed by atoms with Gasteiger partial charge in [0.25, 0.3) is 0 Å². The molecule has 2 saturated carbocycles. The molecule has 2 aromatic carbocycles. The van der Waals surface area contributed by atoms with Crippen molar-refractivity contribution in [3.8, 4) is 0 Å². The third kappa shape index (κ3) is 26.4. The molecule has 0 radical (unpaired) electrons. The van der Waals surface area contributed by atoms with E-state index < -0.39 is 144 Å². The van der Waals surface area contributed by atoms with Crippen LogP contribution in [0.5, 0.6) is 0 Å². The van der Waals surface area contributed by atoms with E-state index in [1.54, 1.807) is 75.4 Å². The summed E-state index contributed by atoms with van der Waals surface area (Å²) in [6, 6.07) is 12.3. The van der Waals surface area contributed by atoms with Crippen LogP contribution in [0.25, 0.3) is 0 Å². The summed E-state index contributed by atoms with van der Waals surface area (Å²) in [6.45, 7) is 6.35. The average molecular weight is 1290 g/mol. The van der Waals surface area contributed by atoms with Gasteiger partial charge in [0.15, 0.2) is 17.7 Å². The highest BCUT2D eigenvalue weighted by Gasteiger charge is 2.46. The van der Waals surface area contributed by atoms with Gasteiger partial charge in [0.05, 0.1) is 37.9 Å². The molecule has 3 fully saturated rings. The minimum Gasteiger partial charge on any atom is -0.481 e. The number of esters is 1. The predicted octanol–water partition coefficient (Wildman–Crippen LogP) is -0.160. The molecule has 1 heterocycles. The molecular weight excluding hydrogens is 1190 g/mol. The lowest BCUT2D eigenvalue weighted by Gasteiger charge is -2.38. The molecule has 1 spiro atoms. The highest BCUT2D eigenvalue weighted by Crippen LogP contribution is 2.31. The fourth-order valence-corrected chi connectivity index (χ4v) is 10.8. The lowest BCUT2D eigenvalue weighted by Crippen LogP contribution is -2.65. The lowest BCUT2D eigenvalue weighted by molar-refractivity contribution is -0.156. The second-order valence-corrected chi connectivity index (χ2v) is 24.5. The van der Waals surface area contributed by atoms with Gasteiger partial charge in [-0.15, -0.1) is 0 Å². The average Bonchev–Trinajstić information content (AvgIpc) is 0.891. The van der Waals surface area contributed by atoms with Crippen LogP contribution >= 0.6 is 0 Å². The van der Waals surface area contributed by atoms with E-state index in [0.29, 0.717) is 70.8 Å². The Morgan fingerprint density at radius 2 is 1.37 bits per heavy atom. The van der Waals surface area contributed by atoms with Gasteiger partial charge in [-0.1, -0.05) is 99.2 Å². The number of ketones is 2. The van der Waals surface area contributed by atoms with Gasteiger partial charge in [0.1, 0.15) is 46.6 Å². The van der Waals surface area contributed by atoms with Crippen molar-refractivity contribution in [2.45, 2.75) is 197 Å². The maximum atomic E-state index is 14.1. The van der Waals surface area contributed by atoms with E-state index in [9.17, 15) is 62.6 Å². The molecule has 1 saturated heterocycles. The Labute approximate surface area is 539 Å². The number of hydrogen-bond acceptors (Lipinski definition) is 16. The van der Waals surface area contributed by atoms with Crippen LogP contribution in [0.1, 0.15) is 151 Å². The SMILES string of the molecule is CN=C(N)NCCC[C@H](NC(=O)C1(NC(=O)[C@@H](Cc2ccccc2)NC(=O)[C@@H](N)CC(=O)OC(C)(C)C)CCCCC1)C(=O)NCC(C)=O.NC(N)=NCCC[C@@H]1NC(=O)C2(CCCCC2)NC(=O)[C@@H](Cc2ccccc2)NC(=O)[C@H](CC(=O)O)CC(=O)CNC1=O.[2HH].[2HH]. The quantitative estimate of drug-likeness (QED) is 0.0266. The number of carboxylic acid groups (broad SMARTS) is 1. The number of hydrogen-bond donors (Lipinski definition) is 14. The lowest BCUT2D eigenvalue weighted by atomic mass is 9.80. The summed E-state index contributed by atoms with van der Waals surface area (Å²) >= 11 is 0. The highest BCUT2D eigenvalue weighted by molar-refractivity contribution is 6.00. The normalized spacial score (nSPS) is 19.7. The molecule has 2 aromatic rings. The smallest absolute Gasteiger partial charge is 0.308 e. The van der Waals surface area contributed by atoms with Crippen LogP contribution in [0.15, 0.2) is 70.6 Å². The molecule has 0 unspecified atom stereocenters. The molecule has 6 atom stereocenters. The molecular formula is C63H99N15O14. The number of nitrogens with two attached hydrogens (primary N) is 4. The summed E-state index contributed by atoms with van der Waals surface area (Å²) < 4.78 is 5.29. The molecule has 29 nitrogen and oxygen atoms in total. The molecule has 5 rings (SSSR count). The third-order valence-corrected chi connectivity index (χ3v) is 15.6. The number of carbonyl (C=O) groups is 12. The largest absolute Gasteiger partial charge is 0.481 e. The van der Waals surface area contributed by atoms with Crippen molar-refractivity contribution in [3.63, 3.8) is 0 Å². The zero-order chi connectivity index (χ0) is 68.0. The molecule has 1 aliphatic heterocycles. The summed E-state index contributed by atoms with van der Waals surface area (Å²) in [5.74, 6) is -8.97. The van der Waals surface area contributed by atoms with Crippen LogP contribution in [0.2, 0.25) is 0 Å². The minimum absolute atomic E-state index is 0. The van der Waals surface area contributed by atoms with Crippen LogP contribution in [-0.4, -0.2) is 168 Å². The Morgan fingerprint density at radius 1 is 0.750 bits per heavy atom. The van der Waals surface area contributed by atoms with Gasteiger partial charge in [0.2, 0.25) is 47.3 Å². The fourth-order valence-electron chi connectivity index (χ4n) is 10.8. The number of nitrogens with one attached hydrogen (secondary N) is 9. The number of guanidine groups is 2. The number of aliphatic carboxylic acids is 1. The number of Topliss-reactive ketones (excluding diaryl/α,β-unsaturated/α-hetero) is 2. The number of amides is 8. The van der Waals surface area contributed by atoms with E-state index in [2.05, 4.69) is 57.8 Å². The van der Waals surface area contributed by atoms with Crippen molar-refractivity contribution in [2.75, 3.05) is 33.2 Å². The molecule has 0 bridgehead atoms. The molecule has 3 aliphatic rings. The minimum atomic E-state index is -1.37. The zero-order valence-electron chi connectivity index (χ0n) is 53.5. The summed E-state index contributed by atoms with van der Waals surface area (Å²) in [6.07, 6.45) is 5.32. The number of carbonyl (C=O) groups excluding carboxylic acids is 11. The number of aliphatic imine (C=N–C) groups is 2. The standard InChI is InChI=1S/C34H54N8O7.C29H41N7O7.2H2/c1-22(43)21-39-29(46)25(15-12-18-38-32(36)37-5)41-31(48)34(16-10-7-11-17-34)42-30(47)26(19-23-13-8-6-9-14-23)40-28(45)24(35)20-27(44)49-33(2,3)4;30-28(31)32-13-7-10-21-25(41)33-17-20(37)15-19(16-23(38)39)24(40)34-22(14-18-8-3-1-4-9-18)26(42)36-29(27(43)35-21)11-5-2-6-12-29;;/h6,8-9,13-14,24-26H,7,10-12,15-21,35H2,1-5H3,(H,39,46)(H,40,45)(H,41,48)(H,42,47)(H3,36,37,38);1,3-4,8-9,19,21-22H,2,5-7,10-17H2,(H,33,41)(H,34,40)(H,35,43)(H,36,42)(H,38,39)(H4,30,31,32);2*1H/t24-,25-,26+;19-,21-,22+;;/m00../s1/i;;2*1+1. The van der Waals surface area contributed by atoms with Crippen LogP contribution in [0.4, 0.5) is 0 Å². The summed E-state index contributed by atoms with van der Waals surface area (Å²) in [5, 5.41) is 34.1. The number of benzene rings is 2.